The second-order valence-electron chi connectivity index (χ2n) is 10.1. The molecule has 3 aliphatic rings. The van der Waals surface area contributed by atoms with Gasteiger partial charge in [-0.3, -0.25) is 0 Å². The minimum atomic E-state index is -0.701. The van der Waals surface area contributed by atoms with E-state index in [1.165, 1.54) is 17.2 Å². The third kappa shape index (κ3) is 4.74. The highest BCUT2D eigenvalue weighted by atomic mass is 16.7. The van der Waals surface area contributed by atoms with Crippen LogP contribution in [-0.4, -0.2) is 37.2 Å². The van der Waals surface area contributed by atoms with Crippen molar-refractivity contribution in [1.82, 2.24) is 0 Å². The van der Waals surface area contributed by atoms with Crippen molar-refractivity contribution in [2.75, 3.05) is 13.7 Å². The third-order valence-corrected chi connectivity index (χ3v) is 6.95. The summed E-state index contributed by atoms with van der Waals surface area (Å²) >= 11 is 0. The Kier molecular flexibility index (Phi) is 6.99. The Balaban J connectivity index is 1.97. The van der Waals surface area contributed by atoms with Gasteiger partial charge >= 0.3 is 5.97 Å². The van der Waals surface area contributed by atoms with Crippen LogP contribution in [0.15, 0.2) is 47.3 Å². The van der Waals surface area contributed by atoms with Gasteiger partial charge in [-0.05, 0) is 70.9 Å². The van der Waals surface area contributed by atoms with E-state index in [-0.39, 0.29) is 23.4 Å². The van der Waals surface area contributed by atoms with E-state index < -0.39 is 11.4 Å². The lowest BCUT2D eigenvalue weighted by atomic mass is 9.58. The van der Waals surface area contributed by atoms with E-state index in [4.69, 9.17) is 18.9 Å². The fraction of sp³-hybridized carbons (Fsp3) is 0.654. The van der Waals surface area contributed by atoms with Crippen molar-refractivity contribution in [2.24, 2.45) is 11.3 Å². The largest absolute Gasteiger partial charge is 0.432 e. The number of rotatable bonds is 7. The Hall–Kier alpha value is -1.69. The van der Waals surface area contributed by atoms with E-state index in [0.29, 0.717) is 13.0 Å². The predicted octanol–water partition coefficient (Wildman–Crippen LogP) is 5.63. The number of esters is 1. The summed E-state index contributed by atoms with van der Waals surface area (Å²) in [5, 5.41) is 0. The zero-order valence-electron chi connectivity index (χ0n) is 20.1. The van der Waals surface area contributed by atoms with Crippen LogP contribution in [-0.2, 0) is 23.7 Å². The summed E-state index contributed by atoms with van der Waals surface area (Å²) in [6.07, 6.45) is 13.2. The van der Waals surface area contributed by atoms with Gasteiger partial charge in [0.05, 0.1) is 19.0 Å². The lowest BCUT2D eigenvalue weighted by Gasteiger charge is -2.49. The van der Waals surface area contributed by atoms with E-state index in [2.05, 4.69) is 32.9 Å². The van der Waals surface area contributed by atoms with E-state index in [9.17, 15) is 4.79 Å². The van der Waals surface area contributed by atoms with Crippen molar-refractivity contribution in [2.45, 2.75) is 84.7 Å². The molecule has 1 spiro atoms. The van der Waals surface area contributed by atoms with Gasteiger partial charge in [-0.15, -0.1) is 0 Å². The summed E-state index contributed by atoms with van der Waals surface area (Å²) < 4.78 is 24.1. The number of carbonyl (C=O) groups excluding carboxylic acids is 1. The Morgan fingerprint density at radius 2 is 1.97 bits per heavy atom. The summed E-state index contributed by atoms with van der Waals surface area (Å²) in [5.41, 5.74) is 2.75. The van der Waals surface area contributed by atoms with Gasteiger partial charge in [-0.2, -0.15) is 0 Å². The Labute approximate surface area is 187 Å². The average Bonchev–Trinajstić information content (AvgIpc) is 3.14. The fourth-order valence-electron chi connectivity index (χ4n) is 5.30. The SMILES string of the molecule is CO[C@@]1(C)C[C@H]2OCC3=CC[C@](C)(CCC=C(C)C)[C@@H](/C=C/OC(=O)C=C(C)C)[C@@]32O1. The van der Waals surface area contributed by atoms with Crippen molar-refractivity contribution >= 4 is 5.97 Å². The first-order valence-corrected chi connectivity index (χ1v) is 11.3. The van der Waals surface area contributed by atoms with Crippen LogP contribution in [0.4, 0.5) is 0 Å². The first-order valence-electron chi connectivity index (χ1n) is 11.3. The zero-order valence-corrected chi connectivity index (χ0v) is 20.1. The summed E-state index contributed by atoms with van der Waals surface area (Å²) in [5.74, 6) is -1.07. The van der Waals surface area contributed by atoms with Gasteiger partial charge in [0.25, 0.3) is 0 Å². The molecule has 172 valence electrons. The van der Waals surface area contributed by atoms with Crippen LogP contribution in [0.2, 0.25) is 0 Å². The Bertz CT molecular complexity index is 814. The lowest BCUT2D eigenvalue weighted by Crippen LogP contribution is -2.53. The normalized spacial score (nSPS) is 36.5. The highest BCUT2D eigenvalue weighted by Crippen LogP contribution is 2.61. The molecule has 0 bridgehead atoms. The molecule has 0 amide bonds. The fourth-order valence-corrected chi connectivity index (χ4v) is 5.30. The minimum Gasteiger partial charge on any atom is -0.432 e. The monoisotopic (exact) mass is 430 g/mol. The molecule has 0 aromatic carbocycles. The molecule has 0 aromatic heterocycles. The van der Waals surface area contributed by atoms with Crippen LogP contribution >= 0.6 is 0 Å². The molecule has 31 heavy (non-hydrogen) atoms. The van der Waals surface area contributed by atoms with E-state index in [0.717, 1.165) is 24.8 Å². The molecule has 2 aliphatic heterocycles. The molecule has 5 atom stereocenters. The van der Waals surface area contributed by atoms with Crippen LogP contribution in [0.3, 0.4) is 0 Å². The summed E-state index contributed by atoms with van der Waals surface area (Å²) in [7, 11) is 1.68. The Morgan fingerprint density at radius 1 is 1.23 bits per heavy atom. The molecule has 2 fully saturated rings. The van der Waals surface area contributed by atoms with E-state index >= 15 is 0 Å². The molecule has 0 N–H and O–H groups in total. The predicted molar refractivity (Wildman–Crippen MR) is 121 cm³/mol. The quantitative estimate of drug-likeness (QED) is 0.227. The lowest BCUT2D eigenvalue weighted by molar-refractivity contribution is -0.236. The van der Waals surface area contributed by atoms with Gasteiger partial charge in [0.2, 0.25) is 0 Å². The first-order chi connectivity index (χ1) is 14.5. The van der Waals surface area contributed by atoms with Gasteiger partial charge in [-0.1, -0.05) is 30.2 Å². The molecular formula is C26H38O5. The Morgan fingerprint density at radius 3 is 2.61 bits per heavy atom. The number of hydrogen-bond acceptors (Lipinski definition) is 5. The third-order valence-electron chi connectivity index (χ3n) is 6.95. The average molecular weight is 431 g/mol. The molecule has 1 aliphatic carbocycles. The van der Waals surface area contributed by atoms with Gasteiger partial charge in [-0.25, -0.2) is 4.79 Å². The van der Waals surface area contributed by atoms with Gasteiger partial charge in [0.1, 0.15) is 5.60 Å². The molecule has 2 heterocycles. The van der Waals surface area contributed by atoms with Crippen molar-refractivity contribution < 1.29 is 23.7 Å². The zero-order chi connectivity index (χ0) is 22.9. The van der Waals surface area contributed by atoms with Gasteiger partial charge in [0.15, 0.2) is 5.79 Å². The molecular weight excluding hydrogens is 392 g/mol. The van der Waals surface area contributed by atoms with Crippen LogP contribution in [0, 0.1) is 11.3 Å². The van der Waals surface area contributed by atoms with Crippen LogP contribution in [0.1, 0.15) is 67.2 Å². The molecule has 2 saturated heterocycles. The highest BCUT2D eigenvalue weighted by Gasteiger charge is 2.67. The number of hydrogen-bond donors (Lipinski definition) is 0. The number of methoxy groups -OCH3 is 1. The molecule has 0 saturated carbocycles. The molecule has 0 aromatic rings. The molecule has 5 heteroatoms. The van der Waals surface area contributed by atoms with Gasteiger partial charge in [0, 0.05) is 25.5 Å². The highest BCUT2D eigenvalue weighted by molar-refractivity contribution is 5.83. The second-order valence-corrected chi connectivity index (χ2v) is 10.1. The minimum absolute atomic E-state index is 0.00506. The van der Waals surface area contributed by atoms with Crippen molar-refractivity contribution in [3.05, 3.63) is 47.3 Å². The summed E-state index contributed by atoms with van der Waals surface area (Å²) in [6.45, 7) is 12.9. The number of ether oxygens (including phenoxy) is 4. The molecule has 5 nitrogen and oxygen atoms in total. The molecule has 0 unspecified atom stereocenters. The number of allylic oxidation sites excluding steroid dienone is 4. The van der Waals surface area contributed by atoms with Crippen molar-refractivity contribution in [3.8, 4) is 0 Å². The topological polar surface area (TPSA) is 54.0 Å². The maximum absolute atomic E-state index is 12.1. The van der Waals surface area contributed by atoms with Crippen molar-refractivity contribution in [1.29, 1.82) is 0 Å². The van der Waals surface area contributed by atoms with Crippen LogP contribution in [0.5, 0.6) is 0 Å². The smallest absolute Gasteiger partial charge is 0.335 e. The summed E-state index contributed by atoms with van der Waals surface area (Å²) in [6, 6.07) is 0. The maximum Gasteiger partial charge on any atom is 0.335 e. The number of carbonyl (C=O) groups is 1. The summed E-state index contributed by atoms with van der Waals surface area (Å²) in [4.78, 5) is 12.1. The maximum atomic E-state index is 12.1. The standard InChI is InChI=1S/C26H38O5/c1-18(2)9-8-12-24(5)13-10-20-17-30-22-16-25(6,28-7)31-26(20,22)21(24)11-14-29-23(27)15-19(3)4/h9-11,14-15,21-22H,8,12-13,16-17H2,1-7H3/b14-11+/t21-,22-,24+,25-,26+/m1/s1. The van der Waals surface area contributed by atoms with Gasteiger partial charge < -0.3 is 18.9 Å². The van der Waals surface area contributed by atoms with E-state index in [1.807, 2.05) is 26.8 Å². The molecule has 0 radical (unpaired) electrons. The first kappa shape index (κ1) is 24.0. The van der Waals surface area contributed by atoms with Crippen molar-refractivity contribution in [3.63, 3.8) is 0 Å². The second kappa shape index (κ2) is 9.05. The van der Waals surface area contributed by atoms with E-state index in [1.54, 1.807) is 13.4 Å². The van der Waals surface area contributed by atoms with Crippen LogP contribution < -0.4 is 0 Å². The molecule has 3 rings (SSSR count). The van der Waals surface area contributed by atoms with Crippen LogP contribution in [0.25, 0.3) is 0 Å².